The van der Waals surface area contributed by atoms with Gasteiger partial charge in [-0.3, -0.25) is 0 Å². The summed E-state index contributed by atoms with van der Waals surface area (Å²) < 4.78 is 0. The van der Waals surface area contributed by atoms with Gasteiger partial charge in [0.1, 0.15) is 0 Å². The molecule has 2 atom stereocenters. The summed E-state index contributed by atoms with van der Waals surface area (Å²) in [6.45, 7) is 9.22. The van der Waals surface area contributed by atoms with Gasteiger partial charge in [0.15, 0.2) is 0 Å². The van der Waals surface area contributed by atoms with Crippen molar-refractivity contribution >= 4 is 5.95 Å². The van der Waals surface area contributed by atoms with Gasteiger partial charge in [-0.1, -0.05) is 44.5 Å². The zero-order valence-corrected chi connectivity index (χ0v) is 13.8. The van der Waals surface area contributed by atoms with Crippen molar-refractivity contribution in [3.8, 4) is 11.3 Å². The van der Waals surface area contributed by atoms with Crippen molar-refractivity contribution in [3.05, 3.63) is 41.1 Å². The highest BCUT2D eigenvalue weighted by Crippen LogP contribution is 2.68. The number of fused-ring (bicyclic) bond motifs is 5. The molecule has 1 aromatic heterocycles. The van der Waals surface area contributed by atoms with E-state index in [1.54, 1.807) is 0 Å². The Balaban J connectivity index is 2.02. The number of nitrogens with two attached hydrogens (primary N) is 1. The van der Waals surface area contributed by atoms with Crippen LogP contribution in [0.25, 0.3) is 11.3 Å². The second-order valence-corrected chi connectivity index (χ2v) is 7.71. The Morgan fingerprint density at radius 1 is 1.18 bits per heavy atom. The molecule has 2 aliphatic carbocycles. The van der Waals surface area contributed by atoms with Crippen molar-refractivity contribution in [2.45, 2.75) is 51.9 Å². The maximum absolute atomic E-state index is 6.06. The van der Waals surface area contributed by atoms with Crippen LogP contribution in [0.3, 0.4) is 0 Å². The molecule has 3 heteroatoms. The van der Waals surface area contributed by atoms with Gasteiger partial charge in [0.2, 0.25) is 5.95 Å². The highest BCUT2D eigenvalue weighted by Gasteiger charge is 2.61. The highest BCUT2D eigenvalue weighted by molar-refractivity contribution is 5.70. The van der Waals surface area contributed by atoms with Crippen LogP contribution in [0.15, 0.2) is 24.3 Å². The van der Waals surface area contributed by atoms with Gasteiger partial charge in [0, 0.05) is 16.5 Å². The molecule has 2 N–H and O–H groups in total. The van der Waals surface area contributed by atoms with E-state index in [1.807, 2.05) is 0 Å². The predicted octanol–water partition coefficient (Wildman–Crippen LogP) is 4.21. The fourth-order valence-corrected chi connectivity index (χ4v) is 4.68. The molecule has 0 spiro atoms. The number of nitrogens with zero attached hydrogens (tertiary/aromatic N) is 2. The number of hydrogen-bond donors (Lipinski definition) is 1. The third-order valence-corrected chi connectivity index (χ3v) is 6.35. The van der Waals surface area contributed by atoms with Crippen LogP contribution in [0.2, 0.25) is 0 Å². The zero-order valence-electron chi connectivity index (χ0n) is 13.8. The Morgan fingerprint density at radius 3 is 2.68 bits per heavy atom. The number of nitrogen functional groups attached to an aromatic ring is 1. The fourth-order valence-electron chi connectivity index (χ4n) is 4.68. The molecule has 3 nitrogen and oxygen atoms in total. The first-order chi connectivity index (χ1) is 10.3. The van der Waals surface area contributed by atoms with Crippen molar-refractivity contribution in [1.29, 1.82) is 0 Å². The summed E-state index contributed by atoms with van der Waals surface area (Å²) >= 11 is 0. The summed E-state index contributed by atoms with van der Waals surface area (Å²) in [7, 11) is 0. The average Bonchev–Trinajstić information content (AvgIpc) is 2.78. The molecule has 2 aliphatic rings. The third-order valence-electron chi connectivity index (χ3n) is 6.35. The Morgan fingerprint density at radius 2 is 1.95 bits per heavy atom. The first kappa shape index (κ1) is 13.7. The molecule has 1 saturated carbocycles. The molecule has 114 valence electrons. The standard InChI is InChI=1S/C19H23N3/c1-11-6-5-7-12(10-11)15-14-13-8-9-19(4,18(13,2)3)16(14)22-17(20)21-15/h5-7,10,13H,8-9H2,1-4H3,(H2,20,21,22). The minimum Gasteiger partial charge on any atom is -0.368 e. The van der Waals surface area contributed by atoms with Crippen molar-refractivity contribution in [3.63, 3.8) is 0 Å². The second kappa shape index (κ2) is 4.09. The molecule has 0 saturated heterocycles. The summed E-state index contributed by atoms with van der Waals surface area (Å²) in [5.41, 5.74) is 12.4. The molecule has 0 amide bonds. The van der Waals surface area contributed by atoms with Crippen LogP contribution < -0.4 is 5.73 Å². The number of benzene rings is 1. The second-order valence-electron chi connectivity index (χ2n) is 7.71. The van der Waals surface area contributed by atoms with E-state index in [1.165, 1.54) is 29.7 Å². The van der Waals surface area contributed by atoms with Crippen LogP contribution in [-0.2, 0) is 5.41 Å². The lowest BCUT2D eigenvalue weighted by molar-refractivity contribution is 0.227. The molecule has 2 bridgehead atoms. The van der Waals surface area contributed by atoms with E-state index in [-0.39, 0.29) is 10.8 Å². The molecule has 22 heavy (non-hydrogen) atoms. The van der Waals surface area contributed by atoms with E-state index in [0.29, 0.717) is 11.9 Å². The summed E-state index contributed by atoms with van der Waals surface area (Å²) in [5, 5.41) is 0. The van der Waals surface area contributed by atoms with Crippen molar-refractivity contribution in [2.24, 2.45) is 5.41 Å². The quantitative estimate of drug-likeness (QED) is 0.857. The molecule has 2 aromatic rings. The Kier molecular flexibility index (Phi) is 2.56. The van der Waals surface area contributed by atoms with E-state index in [9.17, 15) is 0 Å². The van der Waals surface area contributed by atoms with Gasteiger partial charge in [-0.15, -0.1) is 0 Å². The van der Waals surface area contributed by atoms with Gasteiger partial charge >= 0.3 is 0 Å². The predicted molar refractivity (Wildman–Crippen MR) is 89.7 cm³/mol. The van der Waals surface area contributed by atoms with Crippen LogP contribution in [0.5, 0.6) is 0 Å². The molecular formula is C19H23N3. The SMILES string of the molecule is Cc1cccc(-c2nc(N)nc3c2C2CCC3(C)C2(C)C)c1. The van der Waals surface area contributed by atoms with Crippen LogP contribution in [-0.4, -0.2) is 9.97 Å². The minimum atomic E-state index is 0.114. The Bertz CT molecular complexity index is 778. The molecule has 1 aromatic carbocycles. The summed E-state index contributed by atoms with van der Waals surface area (Å²) in [6, 6.07) is 8.54. The van der Waals surface area contributed by atoms with E-state index in [0.717, 1.165) is 11.3 Å². The highest BCUT2D eigenvalue weighted by atomic mass is 15.0. The first-order valence-corrected chi connectivity index (χ1v) is 8.09. The monoisotopic (exact) mass is 293 g/mol. The lowest BCUT2D eigenvalue weighted by Gasteiger charge is -2.34. The topological polar surface area (TPSA) is 51.8 Å². The maximum atomic E-state index is 6.06. The number of rotatable bonds is 1. The zero-order chi connectivity index (χ0) is 15.7. The van der Waals surface area contributed by atoms with Crippen LogP contribution in [0, 0.1) is 12.3 Å². The smallest absolute Gasteiger partial charge is 0.220 e. The summed E-state index contributed by atoms with van der Waals surface area (Å²) in [6.07, 6.45) is 2.42. The van der Waals surface area contributed by atoms with E-state index in [4.69, 9.17) is 5.73 Å². The molecule has 2 unspecified atom stereocenters. The van der Waals surface area contributed by atoms with Gasteiger partial charge < -0.3 is 5.73 Å². The Hall–Kier alpha value is -1.90. The van der Waals surface area contributed by atoms with E-state index < -0.39 is 0 Å². The molecular weight excluding hydrogens is 270 g/mol. The van der Waals surface area contributed by atoms with Crippen LogP contribution in [0.4, 0.5) is 5.95 Å². The van der Waals surface area contributed by atoms with Gasteiger partial charge in [0.25, 0.3) is 0 Å². The number of aromatic nitrogens is 2. The first-order valence-electron chi connectivity index (χ1n) is 8.09. The summed E-state index contributed by atoms with van der Waals surface area (Å²) in [5.74, 6) is 0.934. The Labute approximate surface area is 132 Å². The molecule has 0 radical (unpaired) electrons. The molecule has 4 rings (SSSR count). The van der Waals surface area contributed by atoms with Gasteiger partial charge in [-0.2, -0.15) is 0 Å². The van der Waals surface area contributed by atoms with Crippen molar-refractivity contribution in [2.75, 3.05) is 5.73 Å². The maximum Gasteiger partial charge on any atom is 0.220 e. The fraction of sp³-hybridized carbons (Fsp3) is 0.474. The van der Waals surface area contributed by atoms with Crippen molar-refractivity contribution < 1.29 is 0 Å². The van der Waals surface area contributed by atoms with Gasteiger partial charge in [-0.05, 0) is 37.2 Å². The minimum absolute atomic E-state index is 0.114. The molecule has 1 fully saturated rings. The molecule has 1 heterocycles. The van der Waals surface area contributed by atoms with Gasteiger partial charge in [0.05, 0.1) is 11.4 Å². The van der Waals surface area contributed by atoms with Crippen molar-refractivity contribution in [1.82, 2.24) is 9.97 Å². The third kappa shape index (κ3) is 1.52. The van der Waals surface area contributed by atoms with E-state index in [2.05, 4.69) is 61.9 Å². The number of hydrogen-bond acceptors (Lipinski definition) is 3. The average molecular weight is 293 g/mol. The largest absolute Gasteiger partial charge is 0.368 e. The number of anilines is 1. The lowest BCUT2D eigenvalue weighted by Crippen LogP contribution is -2.32. The lowest BCUT2D eigenvalue weighted by atomic mass is 9.70. The number of aryl methyl sites for hydroxylation is 1. The van der Waals surface area contributed by atoms with E-state index >= 15 is 0 Å². The normalized spacial score (nSPS) is 27.9. The van der Waals surface area contributed by atoms with Crippen LogP contribution in [0.1, 0.15) is 56.4 Å². The molecule has 0 aliphatic heterocycles. The van der Waals surface area contributed by atoms with Gasteiger partial charge in [-0.25, -0.2) is 9.97 Å². The van der Waals surface area contributed by atoms with Crippen LogP contribution >= 0.6 is 0 Å². The summed E-state index contributed by atoms with van der Waals surface area (Å²) in [4.78, 5) is 9.32.